The van der Waals surface area contributed by atoms with Gasteiger partial charge in [0, 0.05) is 28.4 Å². The van der Waals surface area contributed by atoms with E-state index in [4.69, 9.17) is 23.2 Å². The van der Waals surface area contributed by atoms with Gasteiger partial charge in [-0.15, -0.1) is 5.10 Å². The van der Waals surface area contributed by atoms with Gasteiger partial charge in [0.2, 0.25) is 0 Å². The van der Waals surface area contributed by atoms with Crippen LogP contribution >= 0.6 is 39.1 Å². The summed E-state index contributed by atoms with van der Waals surface area (Å²) in [5.41, 5.74) is 1.61. The molecule has 158 valence electrons. The number of aryl methyl sites for hydroxylation is 1. The molecule has 0 fully saturated rings. The maximum atomic E-state index is 13.2. The van der Waals surface area contributed by atoms with Crippen molar-refractivity contribution in [1.29, 1.82) is 0 Å². The minimum absolute atomic E-state index is 0.0681. The van der Waals surface area contributed by atoms with E-state index in [0.717, 1.165) is 0 Å². The van der Waals surface area contributed by atoms with Gasteiger partial charge in [0.05, 0.1) is 17.8 Å². The van der Waals surface area contributed by atoms with Gasteiger partial charge < -0.3 is 10.6 Å². The van der Waals surface area contributed by atoms with E-state index in [1.807, 2.05) is 13.8 Å². The second-order valence-corrected chi connectivity index (χ2v) is 8.76. The molecule has 0 saturated heterocycles. The summed E-state index contributed by atoms with van der Waals surface area (Å²) in [5.74, 6) is -0.757. The normalized spacial score (nSPS) is 13.4. The maximum Gasteiger partial charge on any atom is 0.276 e. The van der Waals surface area contributed by atoms with Crippen molar-refractivity contribution in [3.63, 3.8) is 0 Å². The van der Waals surface area contributed by atoms with E-state index in [0.29, 0.717) is 32.5 Å². The molecular formula is C20H20BrCl2N5O2. The number of hydrogen-bond acceptors (Lipinski definition) is 4. The van der Waals surface area contributed by atoms with Gasteiger partial charge in [0.25, 0.3) is 11.8 Å². The van der Waals surface area contributed by atoms with Crippen LogP contribution in [-0.4, -0.2) is 34.3 Å². The quantitative estimate of drug-likeness (QED) is 0.614. The molecular weight excluding hydrogens is 493 g/mol. The molecule has 2 aromatic rings. The summed E-state index contributed by atoms with van der Waals surface area (Å²) >= 11 is 15.6. The van der Waals surface area contributed by atoms with Gasteiger partial charge in [-0.1, -0.05) is 23.2 Å². The third kappa shape index (κ3) is 5.06. The van der Waals surface area contributed by atoms with E-state index in [2.05, 4.69) is 31.7 Å². The van der Waals surface area contributed by atoms with Crippen molar-refractivity contribution in [2.24, 2.45) is 0 Å². The van der Waals surface area contributed by atoms with Crippen molar-refractivity contribution in [1.82, 2.24) is 15.2 Å². The molecule has 0 unspecified atom stereocenters. The van der Waals surface area contributed by atoms with Crippen LogP contribution in [0.25, 0.3) is 0 Å². The predicted octanol–water partition coefficient (Wildman–Crippen LogP) is 4.59. The number of carbonyl (C=O) groups is 2. The van der Waals surface area contributed by atoms with Crippen LogP contribution in [0.4, 0.5) is 5.69 Å². The minimum atomic E-state index is -0.434. The number of aromatic nitrogens is 2. The van der Waals surface area contributed by atoms with Crippen molar-refractivity contribution in [2.45, 2.75) is 26.8 Å². The molecule has 3 rings (SSSR count). The number of allylic oxidation sites excluding steroid dienone is 2. The Morgan fingerprint density at radius 2 is 1.93 bits per heavy atom. The van der Waals surface area contributed by atoms with E-state index in [1.54, 1.807) is 42.4 Å². The predicted molar refractivity (Wildman–Crippen MR) is 123 cm³/mol. The molecule has 1 aliphatic rings. The van der Waals surface area contributed by atoms with Gasteiger partial charge in [-0.3, -0.25) is 14.6 Å². The molecule has 2 N–H and O–H groups in total. The highest BCUT2D eigenvalue weighted by molar-refractivity contribution is 9.10. The second-order valence-electron chi connectivity index (χ2n) is 7.02. The number of anilines is 1. The summed E-state index contributed by atoms with van der Waals surface area (Å²) in [6.45, 7) is 5.86. The first kappa shape index (κ1) is 22.4. The second kappa shape index (κ2) is 9.24. The molecule has 0 radical (unpaired) electrons. The third-order valence-electron chi connectivity index (χ3n) is 4.19. The zero-order chi connectivity index (χ0) is 22.0. The van der Waals surface area contributed by atoms with E-state index < -0.39 is 5.91 Å². The standard InChI is InChI=1S/C20H20BrCl2N5O2/c1-11(2)24-19(29)15-8-14(23)7-12(3)18(15)25-20(30)16-9-17(21)26-28(16)27-6-4-5-13(22)10-27/h4-9,11H,10H2,1-3H3,(H,24,29)(H,25,30). The van der Waals surface area contributed by atoms with Gasteiger partial charge in [-0.25, -0.2) is 0 Å². The van der Waals surface area contributed by atoms with E-state index >= 15 is 0 Å². The van der Waals surface area contributed by atoms with Crippen LogP contribution in [0, 0.1) is 6.92 Å². The summed E-state index contributed by atoms with van der Waals surface area (Å²) in [6.07, 6.45) is 5.30. The lowest BCUT2D eigenvalue weighted by atomic mass is 10.1. The molecule has 0 aliphatic carbocycles. The summed E-state index contributed by atoms with van der Waals surface area (Å²) in [6, 6.07) is 4.75. The van der Waals surface area contributed by atoms with Crippen molar-refractivity contribution in [3.05, 3.63) is 68.0 Å². The minimum Gasteiger partial charge on any atom is -0.350 e. The van der Waals surface area contributed by atoms with Crippen LogP contribution in [0.15, 0.2) is 46.2 Å². The van der Waals surface area contributed by atoms with E-state index in [9.17, 15) is 9.59 Å². The SMILES string of the molecule is Cc1cc(Cl)cc(C(=O)NC(C)C)c1NC(=O)c1cc(Br)nn1N1C=CC=C(Cl)C1. The number of nitrogens with zero attached hydrogens (tertiary/aromatic N) is 3. The maximum absolute atomic E-state index is 13.2. The largest absolute Gasteiger partial charge is 0.350 e. The average molecular weight is 513 g/mol. The van der Waals surface area contributed by atoms with Crippen LogP contribution < -0.4 is 15.6 Å². The zero-order valence-electron chi connectivity index (χ0n) is 16.5. The van der Waals surface area contributed by atoms with Crippen LogP contribution in [0.5, 0.6) is 0 Å². The number of rotatable bonds is 5. The Labute approximate surface area is 192 Å². The lowest BCUT2D eigenvalue weighted by Crippen LogP contribution is -2.36. The van der Waals surface area contributed by atoms with Crippen LogP contribution in [0.3, 0.4) is 0 Å². The molecule has 0 bridgehead atoms. The fraction of sp³-hybridized carbons (Fsp3) is 0.250. The van der Waals surface area contributed by atoms with Crippen molar-refractivity contribution in [3.8, 4) is 0 Å². The van der Waals surface area contributed by atoms with E-state index in [-0.39, 0.29) is 23.2 Å². The first-order valence-electron chi connectivity index (χ1n) is 9.13. The lowest BCUT2D eigenvalue weighted by molar-refractivity contribution is 0.0944. The van der Waals surface area contributed by atoms with Gasteiger partial charge >= 0.3 is 0 Å². The Morgan fingerprint density at radius 1 is 1.20 bits per heavy atom. The van der Waals surface area contributed by atoms with Gasteiger partial charge in [0.15, 0.2) is 5.69 Å². The third-order valence-corrected chi connectivity index (χ3v) is 5.04. The van der Waals surface area contributed by atoms with Crippen molar-refractivity contribution < 1.29 is 9.59 Å². The molecule has 2 heterocycles. The fourth-order valence-corrected chi connectivity index (χ4v) is 3.77. The number of hydrogen-bond donors (Lipinski definition) is 2. The highest BCUT2D eigenvalue weighted by atomic mass is 79.9. The molecule has 10 heteroatoms. The Kier molecular flexibility index (Phi) is 6.90. The highest BCUT2D eigenvalue weighted by Crippen LogP contribution is 2.27. The van der Waals surface area contributed by atoms with Crippen molar-refractivity contribution in [2.75, 3.05) is 16.9 Å². The Morgan fingerprint density at radius 3 is 2.60 bits per heavy atom. The zero-order valence-corrected chi connectivity index (χ0v) is 19.6. The molecule has 2 amide bonds. The Balaban J connectivity index is 1.95. The first-order chi connectivity index (χ1) is 14.2. The molecule has 0 saturated carbocycles. The smallest absolute Gasteiger partial charge is 0.276 e. The summed E-state index contributed by atoms with van der Waals surface area (Å²) in [7, 11) is 0. The number of amides is 2. The topological polar surface area (TPSA) is 79.3 Å². The van der Waals surface area contributed by atoms with Gasteiger partial charge in [-0.05, 0) is 66.5 Å². The molecule has 7 nitrogen and oxygen atoms in total. The van der Waals surface area contributed by atoms with Crippen molar-refractivity contribution >= 4 is 56.6 Å². The highest BCUT2D eigenvalue weighted by Gasteiger charge is 2.23. The average Bonchev–Trinajstić information content (AvgIpc) is 3.05. The number of carbonyl (C=O) groups excluding carboxylic acids is 2. The first-order valence-corrected chi connectivity index (χ1v) is 10.7. The van der Waals surface area contributed by atoms with Crippen LogP contribution in [0.2, 0.25) is 5.02 Å². The Hall–Kier alpha value is -2.29. The molecule has 1 aliphatic heterocycles. The lowest BCUT2D eigenvalue weighted by Gasteiger charge is -2.24. The molecule has 1 aromatic heterocycles. The summed E-state index contributed by atoms with van der Waals surface area (Å²) in [4.78, 5) is 27.3. The fourth-order valence-electron chi connectivity index (χ4n) is 2.94. The molecule has 1 aromatic carbocycles. The molecule has 30 heavy (non-hydrogen) atoms. The van der Waals surface area contributed by atoms with E-state index in [1.165, 1.54) is 10.9 Å². The van der Waals surface area contributed by atoms with Gasteiger partial charge in [0.1, 0.15) is 4.60 Å². The number of benzene rings is 1. The Bertz CT molecular complexity index is 1060. The van der Waals surface area contributed by atoms with Gasteiger partial charge in [-0.2, -0.15) is 4.79 Å². The van der Waals surface area contributed by atoms with Crippen LogP contribution in [-0.2, 0) is 0 Å². The van der Waals surface area contributed by atoms with Crippen LogP contribution in [0.1, 0.15) is 40.3 Å². The summed E-state index contributed by atoms with van der Waals surface area (Å²) < 4.78 is 0.484. The molecule has 0 atom stereocenters. The summed E-state index contributed by atoms with van der Waals surface area (Å²) in [5, 5.41) is 12.7. The monoisotopic (exact) mass is 511 g/mol. The molecule has 0 spiro atoms. The number of nitrogens with one attached hydrogen (secondary N) is 2. The number of halogens is 3.